The summed E-state index contributed by atoms with van der Waals surface area (Å²) in [7, 11) is 0. The van der Waals surface area contributed by atoms with E-state index < -0.39 is 0 Å². The number of benzene rings is 2. The van der Waals surface area contributed by atoms with Crippen molar-refractivity contribution in [2.45, 2.75) is 11.3 Å². The van der Waals surface area contributed by atoms with Gasteiger partial charge in [-0.2, -0.15) is 0 Å². The molecule has 0 saturated heterocycles. The zero-order chi connectivity index (χ0) is 12.8. The van der Waals surface area contributed by atoms with Crippen molar-refractivity contribution in [3.8, 4) is 0 Å². The van der Waals surface area contributed by atoms with Crippen LogP contribution in [0.4, 0.5) is 0 Å². The van der Waals surface area contributed by atoms with Gasteiger partial charge in [-0.1, -0.05) is 47.6 Å². The van der Waals surface area contributed by atoms with Gasteiger partial charge in [-0.25, -0.2) is 0 Å². The second-order valence-corrected chi connectivity index (χ2v) is 4.82. The first-order valence-electron chi connectivity index (χ1n) is 5.73. The first kappa shape index (κ1) is 12.7. The molecule has 0 aromatic heterocycles. The van der Waals surface area contributed by atoms with E-state index >= 15 is 0 Å². The van der Waals surface area contributed by atoms with Gasteiger partial charge in [0.05, 0.1) is 5.71 Å². The molecule has 0 aliphatic carbocycles. The molecular weight excluding hydrogens is 242 g/mol. The van der Waals surface area contributed by atoms with E-state index in [-0.39, 0.29) is 0 Å². The average molecular weight is 257 g/mol. The molecule has 0 fully saturated rings. The summed E-state index contributed by atoms with van der Waals surface area (Å²) in [5, 5.41) is 12.6. The molecule has 2 nitrogen and oxygen atoms in total. The maximum Gasteiger partial charge on any atom is 0.0911 e. The summed E-state index contributed by atoms with van der Waals surface area (Å²) in [6.45, 7) is 0. The number of hydrogen-bond acceptors (Lipinski definition) is 3. The van der Waals surface area contributed by atoms with Gasteiger partial charge in [0.15, 0.2) is 0 Å². The first-order valence-corrected chi connectivity index (χ1v) is 6.95. The van der Waals surface area contributed by atoms with Crippen LogP contribution in [0.3, 0.4) is 0 Å². The molecule has 92 valence electrons. The maximum absolute atomic E-state index is 9.15. The van der Waals surface area contributed by atoms with Crippen molar-refractivity contribution < 1.29 is 5.21 Å². The highest BCUT2D eigenvalue weighted by molar-refractivity contribution is 7.98. The molecule has 0 heterocycles. The van der Waals surface area contributed by atoms with E-state index in [0.29, 0.717) is 12.1 Å². The van der Waals surface area contributed by atoms with Crippen molar-refractivity contribution in [1.29, 1.82) is 0 Å². The molecule has 2 aromatic carbocycles. The average Bonchev–Trinajstić information content (AvgIpc) is 2.46. The Balaban J connectivity index is 2.18. The Bertz CT molecular complexity index is 520. The summed E-state index contributed by atoms with van der Waals surface area (Å²) in [6, 6.07) is 18.1. The normalized spacial score (nSPS) is 11.5. The molecule has 1 N–H and O–H groups in total. The van der Waals surface area contributed by atoms with E-state index in [4.69, 9.17) is 5.21 Å². The van der Waals surface area contributed by atoms with Gasteiger partial charge < -0.3 is 5.21 Å². The predicted octanol–water partition coefficient (Wildman–Crippen LogP) is 3.83. The van der Waals surface area contributed by atoms with Crippen LogP contribution in [0, 0.1) is 0 Å². The first-order chi connectivity index (χ1) is 8.83. The van der Waals surface area contributed by atoms with Gasteiger partial charge in [-0.05, 0) is 29.5 Å². The maximum atomic E-state index is 9.15. The molecule has 3 heteroatoms. The largest absolute Gasteiger partial charge is 0.411 e. The lowest BCUT2D eigenvalue weighted by molar-refractivity contribution is 0.318. The predicted molar refractivity (Wildman–Crippen MR) is 76.7 cm³/mol. The van der Waals surface area contributed by atoms with E-state index in [9.17, 15) is 0 Å². The Morgan fingerprint density at radius 1 is 1.06 bits per heavy atom. The molecule has 2 aromatic rings. The SMILES string of the molecule is CSc1ccc(/C(Cc2ccccc2)=N/O)cc1. The lowest BCUT2D eigenvalue weighted by Gasteiger charge is -2.05. The van der Waals surface area contributed by atoms with Crippen molar-refractivity contribution in [3.05, 3.63) is 65.7 Å². The lowest BCUT2D eigenvalue weighted by Crippen LogP contribution is -2.05. The molecule has 0 aliphatic rings. The van der Waals surface area contributed by atoms with Gasteiger partial charge in [0.1, 0.15) is 0 Å². The van der Waals surface area contributed by atoms with Crippen molar-refractivity contribution in [2.75, 3.05) is 6.26 Å². The van der Waals surface area contributed by atoms with Crippen LogP contribution in [0.15, 0.2) is 64.6 Å². The van der Waals surface area contributed by atoms with Gasteiger partial charge in [0.25, 0.3) is 0 Å². The number of nitrogens with zero attached hydrogens (tertiary/aromatic N) is 1. The second-order valence-electron chi connectivity index (χ2n) is 3.94. The van der Waals surface area contributed by atoms with Crippen LogP contribution >= 0.6 is 11.8 Å². The van der Waals surface area contributed by atoms with Crippen LogP contribution in [0.2, 0.25) is 0 Å². The fourth-order valence-electron chi connectivity index (χ4n) is 1.77. The number of thioether (sulfide) groups is 1. The molecule has 0 atom stereocenters. The van der Waals surface area contributed by atoms with E-state index in [2.05, 4.69) is 5.16 Å². The van der Waals surface area contributed by atoms with Gasteiger partial charge >= 0.3 is 0 Å². The zero-order valence-electron chi connectivity index (χ0n) is 10.2. The van der Waals surface area contributed by atoms with Crippen LogP contribution in [0.5, 0.6) is 0 Å². The van der Waals surface area contributed by atoms with Gasteiger partial charge in [0, 0.05) is 11.3 Å². The molecule has 0 radical (unpaired) electrons. The fraction of sp³-hybridized carbons (Fsp3) is 0.133. The number of hydrogen-bond donors (Lipinski definition) is 1. The Hall–Kier alpha value is -1.74. The third kappa shape index (κ3) is 3.14. The Morgan fingerprint density at radius 2 is 1.72 bits per heavy atom. The Kier molecular flexibility index (Phi) is 4.42. The molecule has 0 spiro atoms. The van der Waals surface area contributed by atoms with E-state index in [1.807, 2.05) is 60.9 Å². The van der Waals surface area contributed by atoms with Crippen LogP contribution in [-0.4, -0.2) is 17.2 Å². The summed E-state index contributed by atoms with van der Waals surface area (Å²) in [4.78, 5) is 1.20. The minimum atomic E-state index is 0.635. The van der Waals surface area contributed by atoms with Gasteiger partial charge in [-0.15, -0.1) is 11.8 Å². The highest BCUT2D eigenvalue weighted by Gasteiger charge is 2.05. The number of rotatable bonds is 4. The summed E-state index contributed by atoms with van der Waals surface area (Å²) >= 11 is 1.70. The van der Waals surface area contributed by atoms with Gasteiger partial charge in [0.2, 0.25) is 0 Å². The Labute approximate surface area is 111 Å². The quantitative estimate of drug-likeness (QED) is 0.391. The lowest BCUT2D eigenvalue weighted by atomic mass is 10.0. The summed E-state index contributed by atoms with van der Waals surface area (Å²) in [6.07, 6.45) is 2.68. The summed E-state index contributed by atoms with van der Waals surface area (Å²) in [5.74, 6) is 0. The minimum Gasteiger partial charge on any atom is -0.411 e. The molecule has 0 saturated carbocycles. The zero-order valence-corrected chi connectivity index (χ0v) is 11.0. The van der Waals surface area contributed by atoms with Gasteiger partial charge in [-0.3, -0.25) is 0 Å². The molecule has 0 bridgehead atoms. The molecule has 2 rings (SSSR count). The van der Waals surface area contributed by atoms with Crippen molar-refractivity contribution >= 4 is 17.5 Å². The van der Waals surface area contributed by atoms with Crippen molar-refractivity contribution in [3.63, 3.8) is 0 Å². The monoisotopic (exact) mass is 257 g/mol. The standard InChI is InChI=1S/C15H15NOS/c1-18-14-9-7-13(8-10-14)15(16-17)11-12-5-3-2-4-6-12/h2-10,17H,11H2,1H3/b16-15+. The van der Waals surface area contributed by atoms with Crippen LogP contribution in [0.25, 0.3) is 0 Å². The topological polar surface area (TPSA) is 32.6 Å². The molecular formula is C15H15NOS. The highest BCUT2D eigenvalue weighted by Crippen LogP contribution is 2.16. The number of oxime groups is 1. The third-order valence-corrected chi connectivity index (χ3v) is 3.50. The van der Waals surface area contributed by atoms with E-state index in [1.54, 1.807) is 11.8 Å². The molecule has 0 unspecified atom stereocenters. The Morgan fingerprint density at radius 3 is 2.28 bits per heavy atom. The summed E-state index contributed by atoms with van der Waals surface area (Å²) in [5.41, 5.74) is 2.78. The van der Waals surface area contributed by atoms with Crippen LogP contribution in [0.1, 0.15) is 11.1 Å². The third-order valence-electron chi connectivity index (χ3n) is 2.76. The highest BCUT2D eigenvalue weighted by atomic mass is 32.2. The minimum absolute atomic E-state index is 0.635. The van der Waals surface area contributed by atoms with Crippen molar-refractivity contribution in [2.24, 2.45) is 5.16 Å². The molecule has 0 aliphatic heterocycles. The fourth-order valence-corrected chi connectivity index (χ4v) is 2.18. The smallest absolute Gasteiger partial charge is 0.0911 e. The van der Waals surface area contributed by atoms with E-state index in [1.165, 1.54) is 4.90 Å². The van der Waals surface area contributed by atoms with E-state index in [0.717, 1.165) is 11.1 Å². The van der Waals surface area contributed by atoms with Crippen molar-refractivity contribution in [1.82, 2.24) is 0 Å². The summed E-state index contributed by atoms with van der Waals surface area (Å²) < 4.78 is 0. The molecule has 0 amide bonds. The molecule has 18 heavy (non-hydrogen) atoms. The van der Waals surface area contributed by atoms with Crippen LogP contribution < -0.4 is 0 Å². The second kappa shape index (κ2) is 6.26. The van der Waals surface area contributed by atoms with Crippen LogP contribution in [-0.2, 0) is 6.42 Å².